The van der Waals surface area contributed by atoms with E-state index in [9.17, 15) is 4.79 Å². The average molecular weight is 182 g/mol. The van der Waals surface area contributed by atoms with Crippen LogP contribution in [0.2, 0.25) is 0 Å². The van der Waals surface area contributed by atoms with E-state index in [1.165, 1.54) is 0 Å². The predicted octanol–water partition coefficient (Wildman–Crippen LogP) is 2.52. The lowest BCUT2D eigenvalue weighted by Gasteiger charge is -2.11. The number of Topliss-reactive ketones (excluding diaryl/α,β-unsaturated/α-hetero) is 1. The molecule has 0 aliphatic heterocycles. The Balaban J connectivity index is 3.99. The fourth-order valence-corrected chi connectivity index (χ4v) is 1.03. The summed E-state index contributed by atoms with van der Waals surface area (Å²) in [6.07, 6.45) is 5.61. The highest BCUT2D eigenvalue weighted by Gasteiger charge is 2.16. The van der Waals surface area contributed by atoms with E-state index in [1.54, 1.807) is 6.92 Å². The molecule has 0 saturated carbocycles. The number of carbonyl (C=O) groups is 1. The minimum atomic E-state index is -0.308. The van der Waals surface area contributed by atoms with Gasteiger partial charge in [0.1, 0.15) is 6.11 Å². The number of hydrogen-bond donors (Lipinski definition) is 0. The van der Waals surface area contributed by atoms with Gasteiger partial charge in [0.2, 0.25) is 0 Å². The summed E-state index contributed by atoms with van der Waals surface area (Å²) in [6, 6.07) is 0. The Morgan fingerprint density at radius 2 is 2.15 bits per heavy atom. The van der Waals surface area contributed by atoms with Crippen LogP contribution in [-0.4, -0.2) is 11.9 Å². The summed E-state index contributed by atoms with van der Waals surface area (Å²) in [6.45, 7) is 5.65. The minimum absolute atomic E-state index is 0.149. The Labute approximate surface area is 80.7 Å². The molecule has 0 heterocycles. The van der Waals surface area contributed by atoms with Crippen LogP contribution in [0.25, 0.3) is 0 Å². The topological polar surface area (TPSA) is 26.3 Å². The maximum Gasteiger partial charge on any atom is 0.174 e. The summed E-state index contributed by atoms with van der Waals surface area (Å²) in [5.74, 6) is 2.78. The van der Waals surface area contributed by atoms with Gasteiger partial charge >= 0.3 is 0 Å². The average Bonchev–Trinajstić information content (AvgIpc) is 2.17. The molecule has 0 rings (SSSR count). The van der Waals surface area contributed by atoms with E-state index in [4.69, 9.17) is 4.74 Å². The lowest BCUT2D eigenvalue weighted by atomic mass is 10.1. The quantitative estimate of drug-likeness (QED) is 0.590. The molecule has 1 atom stereocenters. The molecule has 0 aromatic rings. The van der Waals surface area contributed by atoms with Crippen LogP contribution >= 0.6 is 0 Å². The van der Waals surface area contributed by atoms with E-state index >= 15 is 0 Å². The third-order valence-electron chi connectivity index (χ3n) is 1.83. The van der Waals surface area contributed by atoms with Crippen LogP contribution in [0.5, 0.6) is 0 Å². The Hall–Kier alpha value is -0.970. The summed E-state index contributed by atoms with van der Waals surface area (Å²) >= 11 is 0. The van der Waals surface area contributed by atoms with Gasteiger partial charge < -0.3 is 4.74 Å². The highest BCUT2D eigenvalue weighted by molar-refractivity contribution is 5.82. The van der Waals surface area contributed by atoms with E-state index in [0.29, 0.717) is 6.42 Å². The van der Waals surface area contributed by atoms with Crippen LogP contribution in [0.15, 0.2) is 0 Å². The van der Waals surface area contributed by atoms with Crippen molar-refractivity contribution in [2.75, 3.05) is 0 Å². The molecule has 2 heteroatoms. The van der Waals surface area contributed by atoms with Crippen molar-refractivity contribution in [1.29, 1.82) is 0 Å². The van der Waals surface area contributed by atoms with Gasteiger partial charge in [-0.15, -0.1) is 0 Å². The van der Waals surface area contributed by atoms with Crippen molar-refractivity contribution >= 4 is 5.78 Å². The van der Waals surface area contributed by atoms with Gasteiger partial charge in [-0.3, -0.25) is 4.79 Å². The molecular weight excluding hydrogens is 164 g/mol. The van der Waals surface area contributed by atoms with E-state index in [-0.39, 0.29) is 11.9 Å². The van der Waals surface area contributed by atoms with Gasteiger partial charge in [0, 0.05) is 13.3 Å². The molecule has 0 spiro atoms. The van der Waals surface area contributed by atoms with Crippen molar-refractivity contribution in [3.8, 4) is 12.0 Å². The molecule has 0 N–H and O–H groups in total. The number of hydrogen-bond acceptors (Lipinski definition) is 2. The molecule has 2 nitrogen and oxygen atoms in total. The van der Waals surface area contributed by atoms with E-state index < -0.39 is 0 Å². The van der Waals surface area contributed by atoms with Gasteiger partial charge in [-0.1, -0.05) is 26.2 Å². The molecule has 0 aromatic carbocycles. The molecular formula is C11H18O2. The maximum absolute atomic E-state index is 11.3. The first kappa shape index (κ1) is 12.0. The zero-order chi connectivity index (χ0) is 10.1. The summed E-state index contributed by atoms with van der Waals surface area (Å²) in [4.78, 5) is 11.3. The molecule has 74 valence electrons. The molecule has 0 amide bonds. The molecule has 0 aliphatic rings. The number of rotatable bonds is 6. The molecule has 0 aromatic heterocycles. The molecule has 13 heavy (non-hydrogen) atoms. The van der Waals surface area contributed by atoms with Gasteiger partial charge in [0.15, 0.2) is 11.9 Å². The summed E-state index contributed by atoms with van der Waals surface area (Å²) in [5, 5.41) is 0. The van der Waals surface area contributed by atoms with E-state index in [0.717, 1.165) is 19.3 Å². The third kappa shape index (κ3) is 5.30. The molecule has 0 aliphatic carbocycles. The van der Waals surface area contributed by atoms with Gasteiger partial charge in [0.05, 0.1) is 0 Å². The Morgan fingerprint density at radius 1 is 1.46 bits per heavy atom. The van der Waals surface area contributed by atoms with Crippen LogP contribution in [0.1, 0.15) is 46.5 Å². The molecule has 1 unspecified atom stereocenters. The molecule has 0 saturated heterocycles. The molecule has 0 bridgehead atoms. The highest BCUT2D eigenvalue weighted by atomic mass is 16.5. The van der Waals surface area contributed by atoms with Crippen molar-refractivity contribution < 1.29 is 9.53 Å². The fraction of sp³-hybridized carbons (Fsp3) is 0.727. The Morgan fingerprint density at radius 3 is 2.62 bits per heavy atom. The number of ether oxygens (including phenoxy) is 1. The zero-order valence-electron chi connectivity index (χ0n) is 8.72. The highest BCUT2D eigenvalue weighted by Crippen LogP contribution is 2.07. The van der Waals surface area contributed by atoms with Crippen LogP contribution in [0, 0.1) is 12.0 Å². The fourth-order valence-electron chi connectivity index (χ4n) is 1.03. The van der Waals surface area contributed by atoms with Gasteiger partial charge in [-0.05, 0) is 12.8 Å². The largest absolute Gasteiger partial charge is 0.435 e. The summed E-state index contributed by atoms with van der Waals surface area (Å²) in [7, 11) is 0. The second-order valence-electron chi connectivity index (χ2n) is 2.92. The SMILES string of the molecule is CC#COC(CCCC)C(=O)CC. The number of ketones is 1. The number of unbranched alkanes of at least 4 members (excludes halogenated alkanes) is 1. The standard InChI is InChI=1S/C11H18O2/c1-4-7-8-11(10(12)6-3)13-9-5-2/h11H,4,6-8H2,1-3H3. The van der Waals surface area contributed by atoms with Crippen molar-refractivity contribution in [3.63, 3.8) is 0 Å². The molecule has 0 fully saturated rings. The monoisotopic (exact) mass is 182 g/mol. The first-order chi connectivity index (χ1) is 6.26. The van der Waals surface area contributed by atoms with Crippen molar-refractivity contribution in [3.05, 3.63) is 0 Å². The predicted molar refractivity (Wildman–Crippen MR) is 53.1 cm³/mol. The smallest absolute Gasteiger partial charge is 0.174 e. The van der Waals surface area contributed by atoms with Crippen molar-refractivity contribution in [2.24, 2.45) is 0 Å². The van der Waals surface area contributed by atoms with Crippen LogP contribution in [0.3, 0.4) is 0 Å². The second kappa shape index (κ2) is 7.67. The first-order valence-electron chi connectivity index (χ1n) is 4.86. The summed E-state index contributed by atoms with van der Waals surface area (Å²) in [5.41, 5.74) is 0. The van der Waals surface area contributed by atoms with Crippen LogP contribution in [-0.2, 0) is 9.53 Å². The number of carbonyl (C=O) groups excluding carboxylic acids is 1. The Kier molecular flexibility index (Phi) is 7.10. The van der Waals surface area contributed by atoms with Gasteiger partial charge in [-0.2, -0.15) is 0 Å². The van der Waals surface area contributed by atoms with Gasteiger partial charge in [0.25, 0.3) is 0 Å². The lowest BCUT2D eigenvalue weighted by molar-refractivity contribution is -0.126. The van der Waals surface area contributed by atoms with E-state index in [2.05, 4.69) is 19.0 Å². The van der Waals surface area contributed by atoms with Crippen molar-refractivity contribution in [1.82, 2.24) is 0 Å². The van der Waals surface area contributed by atoms with Crippen LogP contribution < -0.4 is 0 Å². The third-order valence-corrected chi connectivity index (χ3v) is 1.83. The second-order valence-corrected chi connectivity index (χ2v) is 2.92. The van der Waals surface area contributed by atoms with Gasteiger partial charge in [-0.25, -0.2) is 0 Å². The summed E-state index contributed by atoms with van der Waals surface area (Å²) < 4.78 is 5.14. The van der Waals surface area contributed by atoms with Crippen LogP contribution in [0.4, 0.5) is 0 Å². The normalized spacial score (nSPS) is 11.3. The first-order valence-corrected chi connectivity index (χ1v) is 4.86. The maximum atomic E-state index is 11.3. The van der Waals surface area contributed by atoms with Crippen molar-refractivity contribution in [2.45, 2.75) is 52.6 Å². The Bertz CT molecular complexity index is 198. The van der Waals surface area contributed by atoms with E-state index in [1.807, 2.05) is 6.92 Å². The molecule has 0 radical (unpaired) electrons. The lowest BCUT2D eigenvalue weighted by Crippen LogP contribution is -2.21. The zero-order valence-corrected chi connectivity index (χ0v) is 8.72. The minimum Gasteiger partial charge on any atom is -0.435 e.